The van der Waals surface area contributed by atoms with Gasteiger partial charge in [-0.3, -0.25) is 9.59 Å². The van der Waals surface area contributed by atoms with E-state index in [-0.39, 0.29) is 17.7 Å². The molecule has 1 saturated heterocycles. The highest BCUT2D eigenvalue weighted by atomic mass is 16.4. The Bertz CT molecular complexity index is 576. The Kier molecular flexibility index (Phi) is 3.85. The zero-order valence-corrected chi connectivity index (χ0v) is 12.6. The molecule has 1 amide bonds. The molecular formula is C16H22N2O3. The van der Waals surface area contributed by atoms with Crippen LogP contribution in [-0.4, -0.2) is 30.8 Å². The minimum Gasteiger partial charge on any atom is -0.455 e. The van der Waals surface area contributed by atoms with Crippen molar-refractivity contribution >= 4 is 11.7 Å². The molecule has 1 aromatic rings. The molecular weight excluding hydrogens is 268 g/mol. The third kappa shape index (κ3) is 2.62. The molecule has 5 nitrogen and oxygen atoms in total. The summed E-state index contributed by atoms with van der Waals surface area (Å²) in [7, 11) is 0. The van der Waals surface area contributed by atoms with E-state index in [0.29, 0.717) is 35.0 Å². The lowest BCUT2D eigenvalue weighted by Gasteiger charge is -2.29. The average molecular weight is 290 g/mol. The van der Waals surface area contributed by atoms with Crippen LogP contribution in [0.2, 0.25) is 0 Å². The Morgan fingerprint density at radius 3 is 2.90 bits per heavy atom. The molecule has 0 aromatic carbocycles. The number of rotatable bonds is 2. The van der Waals surface area contributed by atoms with Gasteiger partial charge in [-0.05, 0) is 38.8 Å². The van der Waals surface area contributed by atoms with Crippen LogP contribution >= 0.6 is 0 Å². The summed E-state index contributed by atoms with van der Waals surface area (Å²) in [6.07, 6.45) is 3.04. The number of piperidine rings is 1. The first-order valence-electron chi connectivity index (χ1n) is 7.75. The standard InChI is InChI=1S/C16H22N2O3/c1-9-8-17-7-6-11(9)18-16(20)15-10(2)14-12(19)4-3-5-13(14)21-15/h9,11,17H,3-8H2,1-2H3,(H,18,20). The summed E-state index contributed by atoms with van der Waals surface area (Å²) in [6.45, 7) is 5.77. The highest BCUT2D eigenvalue weighted by molar-refractivity contribution is 6.03. The number of carbonyl (C=O) groups is 2. The van der Waals surface area contributed by atoms with Gasteiger partial charge in [-0.25, -0.2) is 0 Å². The van der Waals surface area contributed by atoms with E-state index in [1.807, 2.05) is 6.92 Å². The van der Waals surface area contributed by atoms with E-state index in [2.05, 4.69) is 17.6 Å². The van der Waals surface area contributed by atoms with Crippen LogP contribution in [0.1, 0.15) is 58.4 Å². The highest BCUT2D eigenvalue weighted by Gasteiger charge is 2.30. The summed E-state index contributed by atoms with van der Waals surface area (Å²) in [6, 6.07) is 0.163. The number of furan rings is 1. The first kappa shape index (κ1) is 14.3. The van der Waals surface area contributed by atoms with Gasteiger partial charge in [0.15, 0.2) is 11.5 Å². The molecule has 1 aliphatic carbocycles. The van der Waals surface area contributed by atoms with Crippen LogP contribution in [0.15, 0.2) is 4.42 Å². The Balaban J connectivity index is 1.80. The summed E-state index contributed by atoms with van der Waals surface area (Å²) >= 11 is 0. The fourth-order valence-electron chi connectivity index (χ4n) is 3.33. The normalized spacial score (nSPS) is 25.5. The lowest BCUT2D eigenvalue weighted by atomic mass is 9.93. The maximum Gasteiger partial charge on any atom is 0.287 e. The van der Waals surface area contributed by atoms with Crippen LogP contribution in [0.25, 0.3) is 0 Å². The zero-order valence-electron chi connectivity index (χ0n) is 12.6. The number of hydrogen-bond donors (Lipinski definition) is 2. The van der Waals surface area contributed by atoms with Gasteiger partial charge in [0.2, 0.25) is 0 Å². The Labute approximate surface area is 124 Å². The van der Waals surface area contributed by atoms with Crippen LogP contribution < -0.4 is 10.6 Å². The second-order valence-electron chi connectivity index (χ2n) is 6.18. The maximum absolute atomic E-state index is 12.5. The van der Waals surface area contributed by atoms with E-state index in [9.17, 15) is 9.59 Å². The molecule has 0 spiro atoms. The minimum atomic E-state index is -0.187. The number of nitrogens with one attached hydrogen (secondary N) is 2. The topological polar surface area (TPSA) is 71.3 Å². The summed E-state index contributed by atoms with van der Waals surface area (Å²) in [5.74, 6) is 1.32. The van der Waals surface area contributed by atoms with Crippen molar-refractivity contribution in [1.29, 1.82) is 0 Å². The summed E-state index contributed by atoms with van der Waals surface area (Å²) < 4.78 is 5.70. The van der Waals surface area contributed by atoms with Gasteiger partial charge in [0.05, 0.1) is 5.56 Å². The van der Waals surface area contributed by atoms with Crippen molar-refractivity contribution < 1.29 is 14.0 Å². The van der Waals surface area contributed by atoms with E-state index in [1.54, 1.807) is 0 Å². The molecule has 2 heterocycles. The number of Topliss-reactive ketones (excluding diaryl/α,β-unsaturated/α-hetero) is 1. The molecule has 2 atom stereocenters. The number of amides is 1. The molecule has 1 fully saturated rings. The van der Waals surface area contributed by atoms with E-state index in [4.69, 9.17) is 4.42 Å². The van der Waals surface area contributed by atoms with Crippen molar-refractivity contribution in [3.05, 3.63) is 22.6 Å². The molecule has 21 heavy (non-hydrogen) atoms. The Morgan fingerprint density at radius 2 is 2.19 bits per heavy atom. The minimum absolute atomic E-state index is 0.104. The second kappa shape index (κ2) is 5.64. The molecule has 2 aliphatic rings. The number of ketones is 1. The maximum atomic E-state index is 12.5. The Morgan fingerprint density at radius 1 is 1.38 bits per heavy atom. The number of hydrogen-bond acceptors (Lipinski definition) is 4. The van der Waals surface area contributed by atoms with Crippen LogP contribution in [0.4, 0.5) is 0 Å². The number of carbonyl (C=O) groups excluding carboxylic acids is 2. The van der Waals surface area contributed by atoms with Gasteiger partial charge in [0.1, 0.15) is 5.76 Å². The quantitative estimate of drug-likeness (QED) is 0.872. The molecule has 0 radical (unpaired) electrons. The predicted molar refractivity (Wildman–Crippen MR) is 78.6 cm³/mol. The second-order valence-corrected chi connectivity index (χ2v) is 6.18. The van der Waals surface area contributed by atoms with Gasteiger partial charge in [0.25, 0.3) is 5.91 Å². The van der Waals surface area contributed by atoms with Crippen molar-refractivity contribution in [2.75, 3.05) is 13.1 Å². The third-order valence-corrected chi connectivity index (χ3v) is 4.61. The first-order chi connectivity index (χ1) is 10.1. The average Bonchev–Trinajstić information content (AvgIpc) is 2.80. The lowest BCUT2D eigenvalue weighted by Crippen LogP contribution is -2.48. The zero-order chi connectivity index (χ0) is 15.0. The highest BCUT2D eigenvalue weighted by Crippen LogP contribution is 2.29. The molecule has 2 N–H and O–H groups in total. The van der Waals surface area contributed by atoms with Crippen molar-refractivity contribution in [3.8, 4) is 0 Å². The lowest BCUT2D eigenvalue weighted by molar-refractivity contribution is 0.0881. The Hall–Kier alpha value is -1.62. The molecule has 0 saturated carbocycles. The largest absolute Gasteiger partial charge is 0.455 e. The number of aryl methyl sites for hydroxylation is 1. The molecule has 2 unspecified atom stereocenters. The van der Waals surface area contributed by atoms with Crippen molar-refractivity contribution in [1.82, 2.24) is 10.6 Å². The molecule has 114 valence electrons. The van der Waals surface area contributed by atoms with Gasteiger partial charge in [-0.1, -0.05) is 6.92 Å². The number of fused-ring (bicyclic) bond motifs is 1. The van der Waals surface area contributed by atoms with Gasteiger partial charge in [0, 0.05) is 24.4 Å². The van der Waals surface area contributed by atoms with Crippen LogP contribution in [-0.2, 0) is 6.42 Å². The summed E-state index contributed by atoms with van der Waals surface area (Å²) in [4.78, 5) is 24.5. The van der Waals surface area contributed by atoms with E-state index in [0.717, 1.165) is 32.4 Å². The van der Waals surface area contributed by atoms with Crippen LogP contribution in [0, 0.1) is 12.8 Å². The van der Waals surface area contributed by atoms with Crippen molar-refractivity contribution in [2.24, 2.45) is 5.92 Å². The molecule has 1 aliphatic heterocycles. The van der Waals surface area contributed by atoms with E-state index < -0.39 is 0 Å². The fourth-order valence-corrected chi connectivity index (χ4v) is 3.33. The molecule has 3 rings (SSSR count). The SMILES string of the molecule is Cc1c(C(=O)NC2CCNCC2C)oc2c1C(=O)CCC2. The predicted octanol–water partition coefficient (Wildman–Crippen LogP) is 1.83. The molecule has 5 heteroatoms. The third-order valence-electron chi connectivity index (χ3n) is 4.61. The van der Waals surface area contributed by atoms with Gasteiger partial charge >= 0.3 is 0 Å². The first-order valence-corrected chi connectivity index (χ1v) is 7.75. The van der Waals surface area contributed by atoms with Crippen molar-refractivity contribution in [2.45, 2.75) is 45.6 Å². The van der Waals surface area contributed by atoms with E-state index >= 15 is 0 Å². The smallest absolute Gasteiger partial charge is 0.287 e. The molecule has 1 aromatic heterocycles. The fraction of sp³-hybridized carbons (Fsp3) is 0.625. The summed E-state index contributed by atoms with van der Waals surface area (Å²) in [5.41, 5.74) is 1.35. The van der Waals surface area contributed by atoms with Crippen LogP contribution in [0.5, 0.6) is 0 Å². The van der Waals surface area contributed by atoms with Crippen molar-refractivity contribution in [3.63, 3.8) is 0 Å². The van der Waals surface area contributed by atoms with Crippen LogP contribution in [0.3, 0.4) is 0 Å². The van der Waals surface area contributed by atoms with Gasteiger partial charge in [-0.2, -0.15) is 0 Å². The summed E-state index contributed by atoms with van der Waals surface area (Å²) in [5, 5.41) is 6.38. The van der Waals surface area contributed by atoms with Gasteiger partial charge in [-0.15, -0.1) is 0 Å². The molecule has 0 bridgehead atoms. The van der Waals surface area contributed by atoms with Gasteiger partial charge < -0.3 is 15.1 Å². The monoisotopic (exact) mass is 290 g/mol. The van der Waals surface area contributed by atoms with E-state index in [1.165, 1.54) is 0 Å².